The molecule has 9 heterocycles. The summed E-state index contributed by atoms with van der Waals surface area (Å²) in [7, 11) is 0. The number of hydrogen-bond acceptors (Lipinski definition) is 12. The summed E-state index contributed by atoms with van der Waals surface area (Å²) in [6.45, 7) is 4.99. The van der Waals surface area contributed by atoms with Gasteiger partial charge in [0.05, 0.1) is 101 Å². The number of aromatic nitrogens is 8. The van der Waals surface area contributed by atoms with Crippen molar-refractivity contribution >= 4 is 72.1 Å². The van der Waals surface area contributed by atoms with Crippen molar-refractivity contribution in [1.82, 2.24) is 49.7 Å². The monoisotopic (exact) mass is 817 g/mol. The van der Waals surface area contributed by atoms with Crippen molar-refractivity contribution in [2.75, 3.05) is 6.54 Å². The summed E-state index contributed by atoms with van der Waals surface area (Å²) in [6.07, 6.45) is 9.01. The van der Waals surface area contributed by atoms with Crippen LogP contribution in [-0.2, 0) is 58.4 Å². The number of aliphatic imine (C=N–C) groups is 1. The summed E-state index contributed by atoms with van der Waals surface area (Å²) >= 11 is 0. The number of carboxylic acids is 1. The highest BCUT2D eigenvalue weighted by Gasteiger charge is 2.30. The van der Waals surface area contributed by atoms with Gasteiger partial charge in [-0.15, -0.1) is 0 Å². The summed E-state index contributed by atoms with van der Waals surface area (Å²) < 4.78 is 0. The van der Waals surface area contributed by atoms with Gasteiger partial charge in [-0.2, -0.15) is 0 Å². The lowest BCUT2D eigenvalue weighted by molar-refractivity contribution is 0.0696. The van der Waals surface area contributed by atoms with Gasteiger partial charge in [0.15, 0.2) is 0 Å². The third-order valence-corrected chi connectivity index (χ3v) is 13.7. The molecule has 0 saturated heterocycles. The Labute approximate surface area is 356 Å². The van der Waals surface area contributed by atoms with E-state index in [-0.39, 0.29) is 11.5 Å². The first-order chi connectivity index (χ1) is 30.3. The minimum atomic E-state index is -0.981. The van der Waals surface area contributed by atoms with Crippen molar-refractivity contribution in [1.29, 1.82) is 0 Å². The van der Waals surface area contributed by atoms with Gasteiger partial charge in [0.1, 0.15) is 0 Å². The minimum Gasteiger partial charge on any atom is -0.478 e. The largest absolute Gasteiger partial charge is 0.478 e. The van der Waals surface area contributed by atoms with Crippen LogP contribution in [0.1, 0.15) is 112 Å². The molecule has 12 bridgehead atoms. The van der Waals surface area contributed by atoms with Crippen LogP contribution in [0.3, 0.4) is 0 Å². The van der Waals surface area contributed by atoms with Crippen LogP contribution in [0, 0.1) is 0 Å². The summed E-state index contributed by atoms with van der Waals surface area (Å²) in [5.74, 6) is -0.861. The van der Waals surface area contributed by atoms with E-state index in [1.807, 2.05) is 0 Å². The van der Waals surface area contributed by atoms with Gasteiger partial charge in [0.25, 0.3) is 0 Å². The molecule has 13 heteroatoms. The summed E-state index contributed by atoms with van der Waals surface area (Å²) in [4.78, 5) is 65.6. The molecule has 306 valence electrons. The van der Waals surface area contributed by atoms with Gasteiger partial charge >= 0.3 is 5.97 Å². The fourth-order valence-electron chi connectivity index (χ4n) is 10.9. The number of benzene rings is 2. The molecular weight excluding hydrogens is 775 g/mol. The zero-order valence-electron chi connectivity index (χ0n) is 34.6. The Morgan fingerprint density at radius 1 is 0.516 bits per heavy atom. The number of hydrogen-bond donors (Lipinski definition) is 1. The molecule has 0 fully saturated rings. The van der Waals surface area contributed by atoms with Crippen LogP contribution in [0.15, 0.2) is 53.5 Å². The van der Waals surface area contributed by atoms with Gasteiger partial charge < -0.3 is 5.11 Å². The molecule has 13 nitrogen and oxygen atoms in total. The Bertz CT molecular complexity index is 3330. The predicted octanol–water partition coefficient (Wildman–Crippen LogP) is 8.18. The third-order valence-electron chi connectivity index (χ3n) is 13.7. The van der Waals surface area contributed by atoms with Gasteiger partial charge in [-0.05, 0) is 112 Å². The first-order valence-corrected chi connectivity index (χ1v) is 22.2. The van der Waals surface area contributed by atoms with E-state index < -0.39 is 5.97 Å². The highest BCUT2D eigenvalue weighted by atomic mass is 16.4. The van der Waals surface area contributed by atoms with Crippen LogP contribution in [0.2, 0.25) is 0 Å². The first-order valence-electron chi connectivity index (χ1n) is 22.2. The van der Waals surface area contributed by atoms with E-state index in [2.05, 4.69) is 53.1 Å². The highest BCUT2D eigenvalue weighted by Crippen LogP contribution is 2.45. The number of aromatic carboxylic acids is 1. The second-order valence-corrected chi connectivity index (χ2v) is 18.1. The fourth-order valence-corrected chi connectivity index (χ4v) is 10.9. The summed E-state index contributed by atoms with van der Waals surface area (Å²) in [5.41, 5.74) is 17.7. The van der Waals surface area contributed by atoms with Gasteiger partial charge in [0, 0.05) is 66.7 Å². The number of pyridine rings is 4. The molecule has 2 aliphatic carbocycles. The average molecular weight is 818 g/mol. The molecule has 6 aromatic heterocycles. The van der Waals surface area contributed by atoms with E-state index in [1.165, 1.54) is 0 Å². The van der Waals surface area contributed by atoms with Crippen LogP contribution >= 0.6 is 0 Å². The Balaban J connectivity index is 1.07. The molecule has 2 aromatic carbocycles. The number of nitrogens with zero attached hydrogens (tertiary/aromatic N) is 11. The molecule has 5 aliphatic rings. The smallest absolute Gasteiger partial charge is 0.335 e. The van der Waals surface area contributed by atoms with Crippen LogP contribution in [-0.4, -0.2) is 73.0 Å². The molecule has 0 spiro atoms. The average Bonchev–Trinajstić information content (AvgIpc) is 3.27. The fraction of sp³-hybridized carbons (Fsp3) is 0.347. The number of carbonyl (C=O) groups is 1. The molecule has 0 saturated carbocycles. The van der Waals surface area contributed by atoms with E-state index in [4.69, 9.17) is 44.9 Å². The van der Waals surface area contributed by atoms with Gasteiger partial charge in [-0.25, -0.2) is 39.7 Å². The Morgan fingerprint density at radius 3 is 1.45 bits per heavy atom. The maximum Gasteiger partial charge on any atom is 0.335 e. The van der Waals surface area contributed by atoms with E-state index in [1.54, 1.807) is 12.1 Å². The van der Waals surface area contributed by atoms with E-state index >= 15 is 0 Å². The molecule has 62 heavy (non-hydrogen) atoms. The van der Waals surface area contributed by atoms with Crippen molar-refractivity contribution in [2.45, 2.75) is 103 Å². The second-order valence-electron chi connectivity index (χ2n) is 18.1. The lowest BCUT2D eigenvalue weighted by Crippen LogP contribution is -2.31. The Hall–Kier alpha value is -6.44. The van der Waals surface area contributed by atoms with Crippen LogP contribution < -0.4 is 0 Å². The number of aryl methyl sites for hydroxylation is 4. The molecule has 3 atom stereocenters. The SMILES string of the molecule is CC1CC2=Nc3c1c1nc4c(nc1c1ccc(nc31)CN1Cc3cc(C(=O)O)cc(n3)CN(C2)Cc2ccc3c(n2)c2nc(ccc2c2nc5c(nc32)CCCC5)C1)CCCC4. The quantitative estimate of drug-likeness (QED) is 0.159. The lowest BCUT2D eigenvalue weighted by Gasteiger charge is -2.29. The Morgan fingerprint density at radius 2 is 0.935 bits per heavy atom. The van der Waals surface area contributed by atoms with Crippen molar-refractivity contribution in [2.24, 2.45) is 4.99 Å². The molecule has 3 aliphatic heterocycles. The first kappa shape index (κ1) is 36.2. The zero-order valence-corrected chi connectivity index (χ0v) is 34.6. The molecular formula is C49H43N11O2. The van der Waals surface area contributed by atoms with Gasteiger partial charge in [-0.1, -0.05) is 6.92 Å². The topological polar surface area (TPSA) is 159 Å². The summed E-state index contributed by atoms with van der Waals surface area (Å²) in [6, 6.07) is 16.2. The van der Waals surface area contributed by atoms with Crippen LogP contribution in [0.5, 0.6) is 0 Å². The number of fused-ring (bicyclic) bond motifs is 13. The van der Waals surface area contributed by atoms with E-state index in [0.717, 1.165) is 169 Å². The third kappa shape index (κ3) is 5.89. The van der Waals surface area contributed by atoms with Crippen molar-refractivity contribution in [3.63, 3.8) is 0 Å². The van der Waals surface area contributed by atoms with Crippen LogP contribution in [0.4, 0.5) is 5.69 Å². The second kappa shape index (κ2) is 13.8. The van der Waals surface area contributed by atoms with Crippen molar-refractivity contribution in [3.8, 4) is 0 Å². The maximum absolute atomic E-state index is 12.7. The maximum atomic E-state index is 12.7. The van der Waals surface area contributed by atoms with Gasteiger partial charge in [0.2, 0.25) is 0 Å². The summed E-state index contributed by atoms with van der Waals surface area (Å²) in [5, 5.41) is 13.3. The number of carboxylic acid groups (broad SMARTS) is 1. The molecule has 1 N–H and O–H groups in total. The van der Waals surface area contributed by atoms with Crippen molar-refractivity contribution < 1.29 is 9.90 Å². The normalized spacial score (nSPS) is 20.7. The van der Waals surface area contributed by atoms with Crippen LogP contribution in [0.25, 0.3) is 54.8 Å². The van der Waals surface area contributed by atoms with E-state index in [9.17, 15) is 9.90 Å². The van der Waals surface area contributed by atoms with Gasteiger partial charge in [-0.3, -0.25) is 19.8 Å². The lowest BCUT2D eigenvalue weighted by atomic mass is 9.87. The molecule has 8 aromatic rings. The number of rotatable bonds is 1. The Kier molecular flexibility index (Phi) is 8.06. The standard InChI is InChI=1S/C49H43N11O2/c1-25-16-30-22-60-21-28-11-14-34-42(52-28)41-33(43-44(34)56-37-7-3-2-6-36(37)55-43)13-10-27(51-41)19-59(23-31-17-26(49(61)62)18-32(24-60)50-31)20-29-12-15-35-45(53-29)47(54-30)40(25)48-46(35)57-38-8-4-5-9-39(38)58-48/h10-15,17-18,25H,2-9,16,19-24H2,1H3,(H,61,62). The predicted molar refractivity (Wildman–Crippen MR) is 237 cm³/mol. The molecule has 3 unspecified atom stereocenters. The molecule has 0 amide bonds. The van der Waals surface area contributed by atoms with E-state index in [0.29, 0.717) is 50.7 Å². The molecule has 13 rings (SSSR count). The van der Waals surface area contributed by atoms with Crippen molar-refractivity contribution in [3.05, 3.63) is 111 Å². The zero-order chi connectivity index (χ0) is 41.2. The minimum absolute atomic E-state index is 0.119. The molecule has 0 radical (unpaired) electrons. The highest BCUT2D eigenvalue weighted by molar-refractivity contribution is 6.20.